The van der Waals surface area contributed by atoms with Gasteiger partial charge in [0.05, 0.1) is 0 Å². The van der Waals surface area contributed by atoms with Crippen molar-refractivity contribution in [1.82, 2.24) is 0 Å². The highest BCUT2D eigenvalue weighted by molar-refractivity contribution is 9.13. The molecule has 76 valence electrons. The van der Waals surface area contributed by atoms with Crippen molar-refractivity contribution in [2.24, 2.45) is 0 Å². The minimum atomic E-state index is 1.08. The van der Waals surface area contributed by atoms with Crippen LogP contribution in [0.2, 0.25) is 0 Å². The molecular weight excluding hydrogens is 316 g/mol. The van der Waals surface area contributed by atoms with E-state index < -0.39 is 0 Å². The predicted octanol–water partition coefficient (Wildman–Crippen LogP) is 5.19. The molecule has 0 saturated heterocycles. The van der Waals surface area contributed by atoms with E-state index in [2.05, 4.69) is 81.2 Å². The van der Waals surface area contributed by atoms with Crippen molar-refractivity contribution >= 4 is 31.9 Å². The summed E-state index contributed by atoms with van der Waals surface area (Å²) in [6.45, 7) is 2.10. The quantitative estimate of drug-likeness (QED) is 0.677. The lowest BCUT2D eigenvalue weighted by molar-refractivity contribution is 1.46. The van der Waals surface area contributed by atoms with Crippen molar-refractivity contribution in [1.29, 1.82) is 0 Å². The Morgan fingerprint density at radius 2 is 1.33 bits per heavy atom. The summed E-state index contributed by atoms with van der Waals surface area (Å²) in [6.07, 6.45) is 0. The number of aryl methyl sites for hydroxylation is 1. The van der Waals surface area contributed by atoms with E-state index >= 15 is 0 Å². The Hall–Kier alpha value is -0.600. The standard InChI is InChI=1S/C13H10Br2/c1-9-2-4-10(5-3-9)11-6-7-12(14)13(15)8-11/h2-8H,1H3. The Labute approximate surface area is 107 Å². The van der Waals surface area contributed by atoms with Crippen molar-refractivity contribution in [2.75, 3.05) is 0 Å². The molecule has 2 rings (SSSR count). The van der Waals surface area contributed by atoms with E-state index in [1.54, 1.807) is 0 Å². The third-order valence-electron chi connectivity index (χ3n) is 2.30. The third kappa shape index (κ3) is 2.50. The van der Waals surface area contributed by atoms with Gasteiger partial charge >= 0.3 is 0 Å². The van der Waals surface area contributed by atoms with Crippen LogP contribution in [0.15, 0.2) is 51.4 Å². The van der Waals surface area contributed by atoms with Crippen molar-refractivity contribution in [3.63, 3.8) is 0 Å². The monoisotopic (exact) mass is 324 g/mol. The molecule has 0 heterocycles. The van der Waals surface area contributed by atoms with Gasteiger partial charge in [0, 0.05) is 8.95 Å². The van der Waals surface area contributed by atoms with Gasteiger partial charge in [0.2, 0.25) is 0 Å². The smallest absolute Gasteiger partial charge is 0.0323 e. The van der Waals surface area contributed by atoms with Gasteiger partial charge in [0.25, 0.3) is 0 Å². The molecule has 0 aliphatic rings. The van der Waals surface area contributed by atoms with Gasteiger partial charge in [-0.3, -0.25) is 0 Å². The number of benzene rings is 2. The third-order valence-corrected chi connectivity index (χ3v) is 4.18. The fourth-order valence-electron chi connectivity index (χ4n) is 1.42. The number of rotatable bonds is 1. The zero-order chi connectivity index (χ0) is 10.8. The van der Waals surface area contributed by atoms with Crippen molar-refractivity contribution in [3.8, 4) is 11.1 Å². The fraction of sp³-hybridized carbons (Fsp3) is 0.0769. The lowest BCUT2D eigenvalue weighted by Gasteiger charge is -2.04. The summed E-state index contributed by atoms with van der Waals surface area (Å²) in [7, 11) is 0. The van der Waals surface area contributed by atoms with E-state index in [1.165, 1.54) is 16.7 Å². The summed E-state index contributed by atoms with van der Waals surface area (Å²) >= 11 is 6.98. The zero-order valence-corrected chi connectivity index (χ0v) is 11.5. The first-order chi connectivity index (χ1) is 7.16. The highest BCUT2D eigenvalue weighted by atomic mass is 79.9. The first-order valence-electron chi connectivity index (χ1n) is 4.69. The molecule has 15 heavy (non-hydrogen) atoms. The molecule has 0 nitrogen and oxygen atoms in total. The minimum absolute atomic E-state index is 1.08. The molecule has 0 N–H and O–H groups in total. The first kappa shape index (κ1) is 10.9. The summed E-state index contributed by atoms with van der Waals surface area (Å²) in [5.41, 5.74) is 3.76. The Morgan fingerprint density at radius 3 is 1.93 bits per heavy atom. The average molecular weight is 326 g/mol. The van der Waals surface area contributed by atoms with E-state index in [4.69, 9.17) is 0 Å². The van der Waals surface area contributed by atoms with Crippen LogP contribution < -0.4 is 0 Å². The highest BCUT2D eigenvalue weighted by Crippen LogP contribution is 2.29. The van der Waals surface area contributed by atoms with E-state index in [0.717, 1.165) is 8.95 Å². The van der Waals surface area contributed by atoms with Gasteiger partial charge in [-0.1, -0.05) is 35.9 Å². The molecular formula is C13H10Br2. The zero-order valence-electron chi connectivity index (χ0n) is 8.30. The molecule has 0 spiro atoms. The summed E-state index contributed by atoms with van der Waals surface area (Å²) in [5.74, 6) is 0. The van der Waals surface area contributed by atoms with Gasteiger partial charge in [-0.05, 0) is 62.0 Å². The van der Waals surface area contributed by atoms with E-state index in [9.17, 15) is 0 Å². The summed E-state index contributed by atoms with van der Waals surface area (Å²) in [6, 6.07) is 14.8. The lowest BCUT2D eigenvalue weighted by atomic mass is 10.0. The molecule has 2 aromatic rings. The van der Waals surface area contributed by atoms with E-state index in [1.807, 2.05) is 0 Å². The Bertz CT molecular complexity index is 472. The summed E-state index contributed by atoms with van der Waals surface area (Å²) in [5, 5.41) is 0. The van der Waals surface area contributed by atoms with Crippen LogP contribution in [0.4, 0.5) is 0 Å². The van der Waals surface area contributed by atoms with Crippen LogP contribution in [0.3, 0.4) is 0 Å². The second-order valence-electron chi connectivity index (χ2n) is 3.49. The highest BCUT2D eigenvalue weighted by Gasteiger charge is 2.00. The van der Waals surface area contributed by atoms with Gasteiger partial charge in [-0.15, -0.1) is 0 Å². The molecule has 2 heteroatoms. The van der Waals surface area contributed by atoms with Gasteiger partial charge in [0.1, 0.15) is 0 Å². The summed E-state index contributed by atoms with van der Waals surface area (Å²) < 4.78 is 2.17. The second-order valence-corrected chi connectivity index (χ2v) is 5.20. The van der Waals surface area contributed by atoms with Crippen LogP contribution in [-0.4, -0.2) is 0 Å². The Balaban J connectivity index is 2.45. The Kier molecular flexibility index (Phi) is 3.27. The maximum absolute atomic E-state index is 3.51. The topological polar surface area (TPSA) is 0 Å². The number of halogens is 2. The minimum Gasteiger partial charge on any atom is -0.0587 e. The molecule has 0 radical (unpaired) electrons. The predicted molar refractivity (Wildman–Crippen MR) is 72.0 cm³/mol. The molecule has 0 unspecified atom stereocenters. The maximum atomic E-state index is 3.51. The number of hydrogen-bond donors (Lipinski definition) is 0. The van der Waals surface area contributed by atoms with Gasteiger partial charge in [0.15, 0.2) is 0 Å². The molecule has 0 aliphatic heterocycles. The summed E-state index contributed by atoms with van der Waals surface area (Å²) in [4.78, 5) is 0. The van der Waals surface area contributed by atoms with Crippen LogP contribution in [0.5, 0.6) is 0 Å². The molecule has 2 aromatic carbocycles. The molecule has 0 amide bonds. The van der Waals surface area contributed by atoms with Crippen LogP contribution in [0, 0.1) is 6.92 Å². The van der Waals surface area contributed by atoms with Gasteiger partial charge < -0.3 is 0 Å². The number of hydrogen-bond acceptors (Lipinski definition) is 0. The van der Waals surface area contributed by atoms with Crippen LogP contribution in [0.1, 0.15) is 5.56 Å². The molecule has 0 aromatic heterocycles. The lowest BCUT2D eigenvalue weighted by Crippen LogP contribution is -1.79. The molecule has 0 saturated carbocycles. The second kappa shape index (κ2) is 4.50. The van der Waals surface area contributed by atoms with Crippen LogP contribution in [-0.2, 0) is 0 Å². The molecule has 0 bridgehead atoms. The maximum Gasteiger partial charge on any atom is 0.0323 e. The van der Waals surface area contributed by atoms with Crippen LogP contribution >= 0.6 is 31.9 Å². The van der Waals surface area contributed by atoms with Crippen molar-refractivity contribution < 1.29 is 0 Å². The average Bonchev–Trinajstić information content (AvgIpc) is 2.23. The van der Waals surface area contributed by atoms with Crippen molar-refractivity contribution in [3.05, 3.63) is 57.0 Å². The largest absolute Gasteiger partial charge is 0.0587 e. The van der Waals surface area contributed by atoms with Gasteiger partial charge in [-0.2, -0.15) is 0 Å². The molecule has 0 fully saturated rings. The molecule has 0 atom stereocenters. The SMILES string of the molecule is Cc1ccc(-c2ccc(Br)c(Br)c2)cc1. The van der Waals surface area contributed by atoms with Gasteiger partial charge in [-0.25, -0.2) is 0 Å². The Morgan fingerprint density at radius 1 is 0.733 bits per heavy atom. The fourth-order valence-corrected chi connectivity index (χ4v) is 2.05. The molecule has 0 aliphatic carbocycles. The van der Waals surface area contributed by atoms with E-state index in [-0.39, 0.29) is 0 Å². The first-order valence-corrected chi connectivity index (χ1v) is 6.27. The normalized spacial score (nSPS) is 10.3. The van der Waals surface area contributed by atoms with E-state index in [0.29, 0.717) is 0 Å². The van der Waals surface area contributed by atoms with Crippen LogP contribution in [0.25, 0.3) is 11.1 Å². The van der Waals surface area contributed by atoms with Crippen molar-refractivity contribution in [2.45, 2.75) is 6.92 Å².